The maximum atomic E-state index is 13.4. The van der Waals surface area contributed by atoms with Crippen molar-refractivity contribution in [2.75, 3.05) is 0 Å². The molecule has 0 saturated heterocycles. The number of nitrogens with one attached hydrogen (secondary N) is 1. The molecule has 0 fully saturated rings. The van der Waals surface area contributed by atoms with E-state index in [4.69, 9.17) is 11.6 Å². The van der Waals surface area contributed by atoms with E-state index < -0.39 is 37.5 Å². The van der Waals surface area contributed by atoms with Gasteiger partial charge < -0.3 is 0 Å². The Kier molecular flexibility index (Phi) is 4.98. The SMILES string of the molecule is O=S(=O)(NCc1ccccc1F)c1ccc(Cl)c(C(F)(F)F)c1. The molecule has 9 heteroatoms. The number of halogens is 5. The molecule has 0 aliphatic heterocycles. The average Bonchev–Trinajstić information content (AvgIpc) is 2.45. The quantitative estimate of drug-likeness (QED) is 0.831. The number of hydrogen-bond donors (Lipinski definition) is 1. The highest BCUT2D eigenvalue weighted by molar-refractivity contribution is 7.89. The van der Waals surface area contributed by atoms with Gasteiger partial charge in [0.05, 0.1) is 15.5 Å². The van der Waals surface area contributed by atoms with Gasteiger partial charge in [0.2, 0.25) is 10.0 Å². The summed E-state index contributed by atoms with van der Waals surface area (Å²) in [6.45, 7) is -0.390. The molecule has 0 spiro atoms. The van der Waals surface area contributed by atoms with E-state index in [1.165, 1.54) is 18.2 Å². The van der Waals surface area contributed by atoms with Crippen molar-refractivity contribution in [3.8, 4) is 0 Å². The first kappa shape index (κ1) is 17.7. The molecule has 0 radical (unpaired) electrons. The van der Waals surface area contributed by atoms with E-state index in [1.807, 2.05) is 0 Å². The van der Waals surface area contributed by atoms with E-state index in [2.05, 4.69) is 4.72 Å². The third-order valence-corrected chi connectivity index (χ3v) is 4.69. The smallest absolute Gasteiger partial charge is 0.207 e. The Bertz CT molecular complexity index is 822. The number of hydrogen-bond acceptors (Lipinski definition) is 2. The van der Waals surface area contributed by atoms with Gasteiger partial charge in [-0.1, -0.05) is 29.8 Å². The van der Waals surface area contributed by atoms with E-state index in [1.54, 1.807) is 0 Å². The second-order valence-electron chi connectivity index (χ2n) is 4.56. The van der Waals surface area contributed by atoms with Crippen LogP contribution in [-0.2, 0) is 22.7 Å². The molecule has 0 heterocycles. The van der Waals surface area contributed by atoms with Crippen molar-refractivity contribution in [1.82, 2.24) is 4.72 Å². The largest absolute Gasteiger partial charge is 0.417 e. The van der Waals surface area contributed by atoms with E-state index in [9.17, 15) is 26.0 Å². The molecule has 124 valence electrons. The molecule has 0 amide bonds. The predicted molar refractivity (Wildman–Crippen MR) is 76.9 cm³/mol. The minimum Gasteiger partial charge on any atom is -0.207 e. The van der Waals surface area contributed by atoms with Crippen LogP contribution in [0.2, 0.25) is 5.02 Å². The molecular weight excluding hydrogens is 358 g/mol. The summed E-state index contributed by atoms with van der Waals surface area (Å²) in [6, 6.07) is 7.68. The Labute approximate surface area is 134 Å². The van der Waals surface area contributed by atoms with Gasteiger partial charge in [-0.05, 0) is 24.3 Å². The molecule has 0 aromatic heterocycles. The lowest BCUT2D eigenvalue weighted by atomic mass is 10.2. The van der Waals surface area contributed by atoms with Crippen LogP contribution in [0.3, 0.4) is 0 Å². The maximum absolute atomic E-state index is 13.4. The Morgan fingerprint density at radius 2 is 1.74 bits per heavy atom. The van der Waals surface area contributed by atoms with Crippen molar-refractivity contribution in [3.63, 3.8) is 0 Å². The van der Waals surface area contributed by atoms with Crippen LogP contribution in [0.15, 0.2) is 47.4 Å². The monoisotopic (exact) mass is 367 g/mol. The lowest BCUT2D eigenvalue weighted by Gasteiger charge is -2.12. The lowest BCUT2D eigenvalue weighted by molar-refractivity contribution is -0.137. The summed E-state index contributed by atoms with van der Waals surface area (Å²) in [5, 5.41) is -0.606. The molecule has 0 aliphatic carbocycles. The highest BCUT2D eigenvalue weighted by Gasteiger charge is 2.34. The molecule has 2 aromatic rings. The van der Waals surface area contributed by atoms with Crippen molar-refractivity contribution in [1.29, 1.82) is 0 Å². The molecule has 2 rings (SSSR count). The van der Waals surface area contributed by atoms with E-state index in [0.717, 1.165) is 18.2 Å². The maximum Gasteiger partial charge on any atom is 0.417 e. The summed E-state index contributed by atoms with van der Waals surface area (Å²) in [4.78, 5) is -0.606. The van der Waals surface area contributed by atoms with Crippen molar-refractivity contribution in [2.24, 2.45) is 0 Å². The summed E-state index contributed by atoms with van der Waals surface area (Å²) < 4.78 is 77.9. The van der Waals surface area contributed by atoms with Gasteiger partial charge >= 0.3 is 6.18 Å². The fourth-order valence-corrected chi connectivity index (χ4v) is 3.04. The highest BCUT2D eigenvalue weighted by atomic mass is 35.5. The zero-order valence-electron chi connectivity index (χ0n) is 11.4. The van der Waals surface area contributed by atoms with Crippen LogP contribution < -0.4 is 4.72 Å². The van der Waals surface area contributed by atoms with Crippen LogP contribution in [-0.4, -0.2) is 8.42 Å². The van der Waals surface area contributed by atoms with Gasteiger partial charge in [-0.15, -0.1) is 0 Å². The van der Waals surface area contributed by atoms with Gasteiger partial charge in [0.15, 0.2) is 0 Å². The van der Waals surface area contributed by atoms with Crippen molar-refractivity contribution in [3.05, 3.63) is 64.4 Å². The standard InChI is InChI=1S/C14H10ClF4NO2S/c15-12-6-5-10(7-11(12)14(17,18)19)23(21,22)20-8-9-3-1-2-4-13(9)16/h1-7,20H,8H2. The highest BCUT2D eigenvalue weighted by Crippen LogP contribution is 2.35. The zero-order chi connectivity index (χ0) is 17.3. The van der Waals surface area contributed by atoms with E-state index in [-0.39, 0.29) is 12.1 Å². The van der Waals surface area contributed by atoms with Crippen LogP contribution in [0, 0.1) is 5.82 Å². The Morgan fingerprint density at radius 3 is 2.35 bits per heavy atom. The molecule has 0 atom stereocenters. The first-order valence-corrected chi connectivity index (χ1v) is 8.07. The van der Waals surface area contributed by atoms with Crippen LogP contribution in [0.5, 0.6) is 0 Å². The first-order valence-electron chi connectivity index (χ1n) is 6.21. The minimum atomic E-state index is -4.78. The molecule has 1 N–H and O–H groups in total. The molecule has 3 nitrogen and oxygen atoms in total. The summed E-state index contributed by atoms with van der Waals surface area (Å²) in [5.74, 6) is -0.623. The normalized spacial score (nSPS) is 12.4. The fraction of sp³-hybridized carbons (Fsp3) is 0.143. The van der Waals surface area contributed by atoms with Gasteiger partial charge in [-0.25, -0.2) is 17.5 Å². The van der Waals surface area contributed by atoms with Gasteiger partial charge in [0, 0.05) is 12.1 Å². The summed E-state index contributed by atoms with van der Waals surface area (Å²) in [7, 11) is -4.25. The lowest BCUT2D eigenvalue weighted by Crippen LogP contribution is -2.24. The third kappa shape index (κ3) is 4.21. The average molecular weight is 368 g/mol. The van der Waals surface area contributed by atoms with Crippen molar-refractivity contribution < 1.29 is 26.0 Å². The van der Waals surface area contributed by atoms with E-state index >= 15 is 0 Å². The molecule has 0 unspecified atom stereocenters. The number of alkyl halides is 3. The third-order valence-electron chi connectivity index (χ3n) is 2.96. The molecule has 2 aromatic carbocycles. The zero-order valence-corrected chi connectivity index (χ0v) is 12.9. The molecular formula is C14H10ClF4NO2S. The van der Waals surface area contributed by atoms with Crippen LogP contribution >= 0.6 is 11.6 Å². The first-order chi connectivity index (χ1) is 10.6. The second kappa shape index (κ2) is 6.46. The summed E-state index contributed by atoms with van der Waals surface area (Å²) >= 11 is 5.44. The van der Waals surface area contributed by atoms with Gasteiger partial charge in [0.25, 0.3) is 0 Å². The molecule has 0 saturated carbocycles. The predicted octanol–water partition coefficient (Wildman–Crippen LogP) is 3.98. The topological polar surface area (TPSA) is 46.2 Å². The van der Waals surface area contributed by atoms with Crippen molar-refractivity contribution >= 4 is 21.6 Å². The Hall–Kier alpha value is -1.64. The fourth-order valence-electron chi connectivity index (χ4n) is 1.79. The van der Waals surface area contributed by atoms with Gasteiger partial charge in [-0.3, -0.25) is 0 Å². The summed E-state index contributed by atoms with van der Waals surface area (Å²) in [5.41, 5.74) is -1.19. The van der Waals surface area contributed by atoms with Crippen molar-refractivity contribution in [2.45, 2.75) is 17.6 Å². The minimum absolute atomic E-state index is 0.0704. The van der Waals surface area contributed by atoms with Gasteiger partial charge in [0.1, 0.15) is 5.82 Å². The number of sulfonamides is 1. The Morgan fingerprint density at radius 1 is 1.09 bits per heavy atom. The molecule has 23 heavy (non-hydrogen) atoms. The number of rotatable bonds is 4. The second-order valence-corrected chi connectivity index (χ2v) is 6.73. The summed E-state index contributed by atoms with van der Waals surface area (Å²) in [6.07, 6.45) is -4.78. The molecule has 0 bridgehead atoms. The van der Waals surface area contributed by atoms with Crippen LogP contribution in [0.1, 0.15) is 11.1 Å². The molecule has 0 aliphatic rings. The van der Waals surface area contributed by atoms with Crippen LogP contribution in [0.25, 0.3) is 0 Å². The van der Waals surface area contributed by atoms with Gasteiger partial charge in [-0.2, -0.15) is 13.2 Å². The van der Waals surface area contributed by atoms with Crippen LogP contribution in [0.4, 0.5) is 17.6 Å². The van der Waals surface area contributed by atoms with E-state index in [0.29, 0.717) is 6.07 Å². The Balaban J connectivity index is 2.28. The number of benzene rings is 2.